The number of benzene rings is 1. The molecule has 0 heterocycles. The summed E-state index contributed by atoms with van der Waals surface area (Å²) in [5.41, 5.74) is 1.30. The molecule has 1 aromatic rings. The average Bonchev–Trinajstić information content (AvgIpc) is 2.18. The lowest BCUT2D eigenvalue weighted by Gasteiger charge is -2.14. The maximum absolute atomic E-state index is 5.59. The summed E-state index contributed by atoms with van der Waals surface area (Å²) in [4.78, 5) is 0. The molecule has 0 aliphatic carbocycles. The summed E-state index contributed by atoms with van der Waals surface area (Å²) in [6.07, 6.45) is 0.238. The van der Waals surface area contributed by atoms with E-state index in [0.717, 1.165) is 12.3 Å². The Morgan fingerprint density at radius 1 is 1.13 bits per heavy atom. The van der Waals surface area contributed by atoms with Crippen LogP contribution in [0.2, 0.25) is 0 Å². The molecule has 1 aromatic carbocycles. The van der Waals surface area contributed by atoms with Gasteiger partial charge in [-0.2, -0.15) is 0 Å². The Hall–Kier alpha value is -1.02. The average molecular weight is 207 g/mol. The second-order valence-corrected chi connectivity index (χ2v) is 4.02. The molecule has 0 saturated heterocycles. The third-order valence-electron chi connectivity index (χ3n) is 2.26. The monoisotopic (exact) mass is 207 g/mol. The van der Waals surface area contributed by atoms with Crippen molar-refractivity contribution in [3.63, 3.8) is 0 Å². The summed E-state index contributed by atoms with van der Waals surface area (Å²) in [5.74, 6) is 0.942. The minimum Gasteiger partial charge on any atom is -0.491 e. The molecule has 0 bridgehead atoms. The van der Waals surface area contributed by atoms with Gasteiger partial charge in [-0.1, -0.05) is 19.1 Å². The van der Waals surface area contributed by atoms with Crippen molar-refractivity contribution >= 4 is 0 Å². The van der Waals surface area contributed by atoms with Crippen LogP contribution >= 0.6 is 0 Å². The molecule has 0 fully saturated rings. The number of ether oxygens (including phenoxy) is 1. The number of rotatable bonds is 5. The molecule has 0 aliphatic heterocycles. The first-order chi connectivity index (χ1) is 7.13. The predicted octanol–water partition coefficient (Wildman–Crippen LogP) is 3.14. The Morgan fingerprint density at radius 2 is 1.73 bits per heavy atom. The molecule has 15 heavy (non-hydrogen) atoms. The van der Waals surface area contributed by atoms with Crippen molar-refractivity contribution in [1.82, 2.24) is 5.32 Å². The van der Waals surface area contributed by atoms with Gasteiger partial charge in [-0.15, -0.1) is 0 Å². The van der Waals surface area contributed by atoms with Crippen molar-refractivity contribution in [3.05, 3.63) is 29.8 Å². The summed E-state index contributed by atoms with van der Waals surface area (Å²) in [6.45, 7) is 9.35. The molecular formula is C13H21NO. The summed E-state index contributed by atoms with van der Waals surface area (Å²) in [5, 5.41) is 3.38. The molecule has 0 saturated carbocycles. The minimum absolute atomic E-state index is 0.238. The van der Waals surface area contributed by atoms with E-state index in [0.29, 0.717) is 6.04 Å². The first-order valence-electron chi connectivity index (χ1n) is 5.63. The van der Waals surface area contributed by atoms with E-state index < -0.39 is 0 Å². The second kappa shape index (κ2) is 5.76. The fourth-order valence-corrected chi connectivity index (χ4v) is 1.53. The van der Waals surface area contributed by atoms with Gasteiger partial charge in [0.25, 0.3) is 0 Å². The molecule has 0 unspecified atom stereocenters. The lowest BCUT2D eigenvalue weighted by molar-refractivity contribution is 0.242. The van der Waals surface area contributed by atoms with Gasteiger partial charge in [-0.05, 0) is 45.0 Å². The van der Waals surface area contributed by atoms with Crippen LogP contribution in [0, 0.1) is 0 Å². The smallest absolute Gasteiger partial charge is 0.119 e. The first-order valence-corrected chi connectivity index (χ1v) is 5.63. The predicted molar refractivity (Wildman–Crippen MR) is 64.3 cm³/mol. The maximum atomic E-state index is 5.59. The van der Waals surface area contributed by atoms with Gasteiger partial charge >= 0.3 is 0 Å². The number of hydrogen-bond donors (Lipinski definition) is 1. The van der Waals surface area contributed by atoms with Gasteiger partial charge in [0, 0.05) is 6.04 Å². The van der Waals surface area contributed by atoms with Crippen molar-refractivity contribution in [2.24, 2.45) is 0 Å². The topological polar surface area (TPSA) is 21.3 Å². The summed E-state index contributed by atoms with van der Waals surface area (Å²) >= 11 is 0. The highest BCUT2D eigenvalue weighted by atomic mass is 16.5. The van der Waals surface area contributed by atoms with E-state index in [1.807, 2.05) is 26.0 Å². The van der Waals surface area contributed by atoms with E-state index in [4.69, 9.17) is 4.74 Å². The Morgan fingerprint density at radius 3 is 2.20 bits per heavy atom. The highest BCUT2D eigenvalue weighted by molar-refractivity contribution is 5.29. The quantitative estimate of drug-likeness (QED) is 0.801. The standard InChI is InChI=1S/C13H21NO/c1-5-14-11(4)12-6-8-13(9-7-12)15-10(2)3/h6-11,14H,5H2,1-4H3/t11-/m1/s1. The van der Waals surface area contributed by atoms with E-state index >= 15 is 0 Å². The highest BCUT2D eigenvalue weighted by Crippen LogP contribution is 2.18. The van der Waals surface area contributed by atoms with Crippen molar-refractivity contribution < 1.29 is 4.74 Å². The van der Waals surface area contributed by atoms with E-state index in [1.54, 1.807) is 0 Å². The van der Waals surface area contributed by atoms with Crippen molar-refractivity contribution in [2.45, 2.75) is 39.8 Å². The summed E-state index contributed by atoms with van der Waals surface area (Å²) < 4.78 is 5.59. The minimum atomic E-state index is 0.238. The van der Waals surface area contributed by atoms with Gasteiger partial charge in [0.2, 0.25) is 0 Å². The molecular weight excluding hydrogens is 186 g/mol. The van der Waals surface area contributed by atoms with Gasteiger partial charge < -0.3 is 10.1 Å². The highest BCUT2D eigenvalue weighted by Gasteiger charge is 2.03. The van der Waals surface area contributed by atoms with Gasteiger partial charge in [0.15, 0.2) is 0 Å². The number of nitrogens with one attached hydrogen (secondary N) is 1. The summed E-state index contributed by atoms with van der Waals surface area (Å²) in [6, 6.07) is 8.70. The second-order valence-electron chi connectivity index (χ2n) is 4.02. The third-order valence-corrected chi connectivity index (χ3v) is 2.26. The lowest BCUT2D eigenvalue weighted by atomic mass is 10.1. The van der Waals surface area contributed by atoms with Crippen LogP contribution in [0.5, 0.6) is 5.75 Å². The van der Waals surface area contributed by atoms with Crippen LogP contribution in [0.3, 0.4) is 0 Å². The molecule has 2 nitrogen and oxygen atoms in total. The van der Waals surface area contributed by atoms with E-state index in [9.17, 15) is 0 Å². The Labute approximate surface area is 92.6 Å². The molecule has 0 amide bonds. The van der Waals surface area contributed by atoms with E-state index in [2.05, 4.69) is 31.3 Å². The van der Waals surface area contributed by atoms with Crippen molar-refractivity contribution in [3.8, 4) is 5.75 Å². The van der Waals surface area contributed by atoms with Crippen LogP contribution in [0.25, 0.3) is 0 Å². The normalized spacial score (nSPS) is 12.9. The Kier molecular flexibility index (Phi) is 4.63. The summed E-state index contributed by atoms with van der Waals surface area (Å²) in [7, 11) is 0. The van der Waals surface area contributed by atoms with Crippen molar-refractivity contribution in [2.75, 3.05) is 6.54 Å². The van der Waals surface area contributed by atoms with Crippen LogP contribution in [-0.4, -0.2) is 12.6 Å². The molecule has 1 atom stereocenters. The molecule has 1 N–H and O–H groups in total. The van der Waals surface area contributed by atoms with Gasteiger partial charge in [-0.25, -0.2) is 0 Å². The zero-order chi connectivity index (χ0) is 11.3. The SMILES string of the molecule is CCN[C@H](C)c1ccc(OC(C)C)cc1. The van der Waals surface area contributed by atoms with Crippen LogP contribution in [-0.2, 0) is 0 Å². The van der Waals surface area contributed by atoms with E-state index in [1.165, 1.54) is 5.56 Å². The molecule has 84 valence electrons. The van der Waals surface area contributed by atoms with Crippen LogP contribution in [0.4, 0.5) is 0 Å². The van der Waals surface area contributed by atoms with Gasteiger partial charge in [0.05, 0.1) is 6.10 Å². The zero-order valence-electron chi connectivity index (χ0n) is 10.1. The molecule has 0 aromatic heterocycles. The first kappa shape index (κ1) is 12.1. The number of hydrogen-bond acceptors (Lipinski definition) is 2. The fraction of sp³-hybridized carbons (Fsp3) is 0.538. The van der Waals surface area contributed by atoms with Gasteiger partial charge in [-0.3, -0.25) is 0 Å². The molecule has 0 spiro atoms. The van der Waals surface area contributed by atoms with Crippen molar-refractivity contribution in [1.29, 1.82) is 0 Å². The Balaban J connectivity index is 2.63. The maximum Gasteiger partial charge on any atom is 0.119 e. The Bertz CT molecular complexity index is 279. The van der Waals surface area contributed by atoms with Crippen LogP contribution in [0.15, 0.2) is 24.3 Å². The molecule has 1 rings (SSSR count). The lowest BCUT2D eigenvalue weighted by Crippen LogP contribution is -2.17. The zero-order valence-corrected chi connectivity index (χ0v) is 10.1. The van der Waals surface area contributed by atoms with Crippen LogP contribution in [0.1, 0.15) is 39.3 Å². The van der Waals surface area contributed by atoms with Crippen LogP contribution < -0.4 is 10.1 Å². The van der Waals surface area contributed by atoms with Gasteiger partial charge in [0.1, 0.15) is 5.75 Å². The molecule has 0 radical (unpaired) electrons. The molecule has 0 aliphatic rings. The largest absolute Gasteiger partial charge is 0.491 e. The van der Waals surface area contributed by atoms with E-state index in [-0.39, 0.29) is 6.10 Å². The fourth-order valence-electron chi connectivity index (χ4n) is 1.53. The third kappa shape index (κ3) is 3.92. The molecule has 2 heteroatoms.